The van der Waals surface area contributed by atoms with Crippen LogP contribution in [0.15, 0.2) is 12.1 Å². The quantitative estimate of drug-likeness (QED) is 0.571. The molecule has 1 unspecified atom stereocenters. The van der Waals surface area contributed by atoms with Gasteiger partial charge in [-0.2, -0.15) is 0 Å². The lowest BCUT2D eigenvalue weighted by Gasteiger charge is -2.21. The van der Waals surface area contributed by atoms with Crippen LogP contribution >= 0.6 is 0 Å². The molecule has 1 aromatic rings. The van der Waals surface area contributed by atoms with Crippen molar-refractivity contribution < 1.29 is 24.5 Å². The molecule has 0 radical (unpaired) electrons. The second-order valence-electron chi connectivity index (χ2n) is 4.80. The van der Waals surface area contributed by atoms with E-state index < -0.39 is 6.09 Å². The Labute approximate surface area is 121 Å². The number of amides is 1. The summed E-state index contributed by atoms with van der Waals surface area (Å²) in [6, 6.07) is 3.20. The van der Waals surface area contributed by atoms with E-state index in [4.69, 9.17) is 14.9 Å². The van der Waals surface area contributed by atoms with E-state index in [1.165, 1.54) is 0 Å². The van der Waals surface area contributed by atoms with Crippen LogP contribution in [-0.2, 0) is 11.3 Å². The largest absolute Gasteiger partial charge is 0.465 e. The van der Waals surface area contributed by atoms with E-state index in [0.717, 1.165) is 16.7 Å². The van der Waals surface area contributed by atoms with E-state index in [9.17, 15) is 9.59 Å². The highest BCUT2D eigenvalue weighted by molar-refractivity contribution is 5.94. The molecule has 0 aromatic heterocycles. The van der Waals surface area contributed by atoms with E-state index in [2.05, 4.69) is 10.6 Å². The molecule has 7 nitrogen and oxygen atoms in total. The summed E-state index contributed by atoms with van der Waals surface area (Å²) >= 11 is 0. The highest BCUT2D eigenvalue weighted by atomic mass is 16.5. The van der Waals surface area contributed by atoms with Crippen molar-refractivity contribution in [1.29, 1.82) is 0 Å². The summed E-state index contributed by atoms with van der Waals surface area (Å²) in [5, 5.41) is 23.1. The average molecular weight is 294 g/mol. The van der Waals surface area contributed by atoms with E-state index in [1.54, 1.807) is 12.1 Å². The van der Waals surface area contributed by atoms with Crippen LogP contribution in [0.3, 0.4) is 0 Å². The molecule has 1 heterocycles. The molecular formula is C14H18N2O5. The van der Waals surface area contributed by atoms with Crippen LogP contribution in [0.25, 0.3) is 0 Å². The van der Waals surface area contributed by atoms with Crippen LogP contribution in [0.4, 0.5) is 4.79 Å². The topological polar surface area (TPSA) is 108 Å². The van der Waals surface area contributed by atoms with Crippen molar-refractivity contribution in [3.63, 3.8) is 0 Å². The zero-order valence-corrected chi connectivity index (χ0v) is 11.7. The van der Waals surface area contributed by atoms with Gasteiger partial charge in [-0.25, -0.2) is 9.59 Å². The lowest BCUT2D eigenvalue weighted by Crippen LogP contribution is -2.36. The highest BCUT2D eigenvalue weighted by Gasteiger charge is 2.26. The summed E-state index contributed by atoms with van der Waals surface area (Å²) in [7, 11) is 0. The van der Waals surface area contributed by atoms with Gasteiger partial charge in [-0.1, -0.05) is 6.07 Å². The van der Waals surface area contributed by atoms with E-state index in [-0.39, 0.29) is 31.8 Å². The molecule has 21 heavy (non-hydrogen) atoms. The Hall–Kier alpha value is -2.12. The molecule has 1 aromatic carbocycles. The fourth-order valence-corrected chi connectivity index (χ4v) is 2.47. The molecule has 0 saturated heterocycles. The summed E-state index contributed by atoms with van der Waals surface area (Å²) < 4.78 is 5.01. The maximum Gasteiger partial charge on any atom is 0.404 e. The minimum atomic E-state index is -1.11. The Bertz CT molecular complexity index is 559. The first-order chi connectivity index (χ1) is 10.0. The van der Waals surface area contributed by atoms with Crippen LogP contribution < -0.4 is 10.6 Å². The zero-order chi connectivity index (χ0) is 15.4. The molecule has 4 N–H and O–H groups in total. The number of fused-ring (bicyclic) bond motifs is 1. The van der Waals surface area contributed by atoms with Gasteiger partial charge in [-0.15, -0.1) is 0 Å². The van der Waals surface area contributed by atoms with Gasteiger partial charge in [0.25, 0.3) is 0 Å². The van der Waals surface area contributed by atoms with Crippen LogP contribution in [-0.4, -0.2) is 42.0 Å². The lowest BCUT2D eigenvalue weighted by molar-refractivity contribution is 0.0535. The Morgan fingerprint density at radius 2 is 2.24 bits per heavy atom. The lowest BCUT2D eigenvalue weighted by atomic mass is 9.94. The zero-order valence-electron chi connectivity index (χ0n) is 11.7. The maximum absolute atomic E-state index is 11.5. The fraction of sp³-hybridized carbons (Fsp3) is 0.429. The smallest absolute Gasteiger partial charge is 0.404 e. The van der Waals surface area contributed by atoms with E-state index >= 15 is 0 Å². The number of carbonyl (C=O) groups excluding carboxylic acids is 1. The molecular weight excluding hydrogens is 276 g/mol. The van der Waals surface area contributed by atoms with Gasteiger partial charge in [0, 0.05) is 18.7 Å². The molecule has 1 aliphatic heterocycles. The molecule has 1 atom stereocenters. The molecule has 2 rings (SSSR count). The van der Waals surface area contributed by atoms with E-state index in [0.29, 0.717) is 12.1 Å². The van der Waals surface area contributed by atoms with Crippen LogP contribution in [0.2, 0.25) is 0 Å². The van der Waals surface area contributed by atoms with Gasteiger partial charge in [-0.05, 0) is 24.1 Å². The molecule has 0 fully saturated rings. The third-order valence-corrected chi connectivity index (χ3v) is 3.54. The average Bonchev–Trinajstić information content (AvgIpc) is 2.83. The third kappa shape index (κ3) is 3.32. The molecule has 114 valence electrons. The van der Waals surface area contributed by atoms with Gasteiger partial charge in [0.2, 0.25) is 0 Å². The molecule has 0 bridgehead atoms. The normalized spacial score (nSPS) is 14.5. The van der Waals surface area contributed by atoms with Crippen molar-refractivity contribution in [3.8, 4) is 0 Å². The molecule has 1 aliphatic rings. The molecule has 0 spiro atoms. The number of aliphatic hydroxyl groups is 1. The number of benzene rings is 1. The highest BCUT2D eigenvalue weighted by Crippen LogP contribution is 2.28. The van der Waals surface area contributed by atoms with Gasteiger partial charge in [-0.3, -0.25) is 0 Å². The number of cyclic esters (lactones) is 1. The van der Waals surface area contributed by atoms with Crippen molar-refractivity contribution >= 4 is 12.1 Å². The van der Waals surface area contributed by atoms with Gasteiger partial charge in [0.1, 0.15) is 6.61 Å². The van der Waals surface area contributed by atoms with E-state index in [1.807, 2.05) is 6.92 Å². The Balaban J connectivity index is 2.27. The second-order valence-corrected chi connectivity index (χ2v) is 4.80. The minimum absolute atomic E-state index is 0.0465. The minimum Gasteiger partial charge on any atom is -0.465 e. The number of aliphatic hydroxyl groups excluding tert-OH is 1. The van der Waals surface area contributed by atoms with Crippen LogP contribution in [0.1, 0.15) is 33.1 Å². The molecule has 1 amide bonds. The summed E-state index contributed by atoms with van der Waals surface area (Å²) in [5.41, 5.74) is 3.18. The van der Waals surface area contributed by atoms with Crippen molar-refractivity contribution in [3.05, 3.63) is 34.4 Å². The Morgan fingerprint density at radius 3 is 2.90 bits per heavy atom. The predicted molar refractivity (Wildman–Crippen MR) is 74.2 cm³/mol. The number of carbonyl (C=O) groups is 2. The van der Waals surface area contributed by atoms with Gasteiger partial charge < -0.3 is 25.6 Å². The number of nitrogens with one attached hydrogen (secondary N) is 2. The van der Waals surface area contributed by atoms with Crippen molar-refractivity contribution in [2.45, 2.75) is 19.6 Å². The van der Waals surface area contributed by atoms with Crippen LogP contribution in [0, 0.1) is 6.92 Å². The summed E-state index contributed by atoms with van der Waals surface area (Å²) in [6.07, 6.45) is -1.11. The molecule has 0 saturated carbocycles. The number of ether oxygens (including phenoxy) is 1. The third-order valence-electron chi connectivity index (χ3n) is 3.54. The number of rotatable bonds is 6. The van der Waals surface area contributed by atoms with Gasteiger partial charge in [0.15, 0.2) is 0 Å². The Morgan fingerprint density at radius 1 is 1.48 bits per heavy atom. The fourth-order valence-electron chi connectivity index (χ4n) is 2.47. The summed E-state index contributed by atoms with van der Waals surface area (Å²) in [6.45, 7) is 2.59. The predicted octanol–water partition coefficient (Wildman–Crippen LogP) is 0.556. The van der Waals surface area contributed by atoms with Crippen molar-refractivity contribution in [2.24, 2.45) is 0 Å². The van der Waals surface area contributed by atoms with Crippen molar-refractivity contribution in [1.82, 2.24) is 10.6 Å². The molecule has 0 aliphatic carbocycles. The summed E-state index contributed by atoms with van der Waals surface area (Å²) in [5.74, 6) is -0.330. The van der Waals surface area contributed by atoms with Crippen molar-refractivity contribution in [2.75, 3.05) is 19.7 Å². The first-order valence-corrected chi connectivity index (χ1v) is 6.65. The standard InChI is InChI=1S/C14H18N2O5/c1-8-9(2-3-10-11(8)7-21-13(10)18)12(15-4-5-17)6-16-14(19)20/h2-3,12,15-17H,4-7H2,1H3,(H,19,20). The van der Waals surface area contributed by atoms with Crippen LogP contribution in [0.5, 0.6) is 0 Å². The van der Waals surface area contributed by atoms with Gasteiger partial charge >= 0.3 is 12.1 Å². The first-order valence-electron chi connectivity index (χ1n) is 6.65. The van der Waals surface area contributed by atoms with Gasteiger partial charge in [0.05, 0.1) is 18.2 Å². The SMILES string of the molecule is Cc1c(C(CNC(=O)O)NCCO)ccc2c1COC2=O. The number of carboxylic acid groups (broad SMARTS) is 1. The Kier molecular flexibility index (Phi) is 4.77. The molecule has 7 heteroatoms. The monoisotopic (exact) mass is 294 g/mol. The maximum atomic E-state index is 11.5. The number of hydrogen-bond donors (Lipinski definition) is 4. The first kappa shape index (κ1) is 15.3. The number of esters is 1. The summed E-state index contributed by atoms with van der Waals surface area (Å²) in [4.78, 5) is 22.2. The number of hydrogen-bond acceptors (Lipinski definition) is 5. The second kappa shape index (κ2) is 6.55.